The largest absolute Gasteiger partial charge is 0.494 e. The van der Waals surface area contributed by atoms with Gasteiger partial charge in [0.15, 0.2) is 0 Å². The van der Waals surface area contributed by atoms with Gasteiger partial charge in [0.2, 0.25) is 11.8 Å². The molecule has 2 N–H and O–H groups in total. The fraction of sp³-hybridized carbons (Fsp3) is 0.227. The van der Waals surface area contributed by atoms with Crippen molar-refractivity contribution in [3.63, 3.8) is 0 Å². The Bertz CT molecular complexity index is 999. The summed E-state index contributed by atoms with van der Waals surface area (Å²) in [5, 5.41) is 9.79. The first kappa shape index (κ1) is 18.7. The van der Waals surface area contributed by atoms with E-state index in [1.807, 2.05) is 61.5 Å². The standard InChI is InChI=1S/C22H22N4O3/c1-2-29-19-8-6-18(7-9-19)26-14-16(13-21(26)27)22(28)24-17-5-3-4-15(12-17)20-10-11-23-25-20/h3-12,16H,2,13-14H2,1H3,(H,23,25)(H,24,28). The number of carbonyl (C=O) groups is 2. The molecular weight excluding hydrogens is 368 g/mol. The first-order valence-electron chi connectivity index (χ1n) is 9.58. The minimum atomic E-state index is -0.398. The molecule has 0 spiro atoms. The van der Waals surface area contributed by atoms with Crippen molar-refractivity contribution in [1.82, 2.24) is 10.2 Å². The van der Waals surface area contributed by atoms with Gasteiger partial charge in [-0.2, -0.15) is 5.10 Å². The van der Waals surface area contributed by atoms with Gasteiger partial charge in [0.25, 0.3) is 0 Å². The van der Waals surface area contributed by atoms with Crippen molar-refractivity contribution in [2.45, 2.75) is 13.3 Å². The third kappa shape index (κ3) is 4.13. The molecule has 4 rings (SSSR count). The summed E-state index contributed by atoms with van der Waals surface area (Å²) < 4.78 is 5.44. The molecule has 2 heterocycles. The predicted octanol–water partition coefficient (Wildman–Crippen LogP) is 3.47. The molecule has 1 aliphatic heterocycles. The zero-order valence-electron chi connectivity index (χ0n) is 16.1. The third-order valence-corrected chi connectivity index (χ3v) is 4.90. The molecule has 29 heavy (non-hydrogen) atoms. The maximum absolute atomic E-state index is 12.7. The number of H-pyrrole nitrogens is 1. The van der Waals surface area contributed by atoms with Crippen LogP contribution in [0.2, 0.25) is 0 Å². The highest BCUT2D eigenvalue weighted by molar-refractivity contribution is 6.03. The lowest BCUT2D eigenvalue weighted by Gasteiger charge is -2.17. The normalized spacial score (nSPS) is 16.1. The van der Waals surface area contributed by atoms with Crippen molar-refractivity contribution >= 4 is 23.2 Å². The Balaban J connectivity index is 1.42. The van der Waals surface area contributed by atoms with E-state index in [9.17, 15) is 9.59 Å². The van der Waals surface area contributed by atoms with Crippen molar-refractivity contribution in [2.24, 2.45) is 5.92 Å². The Labute approximate surface area is 168 Å². The number of hydrogen-bond acceptors (Lipinski definition) is 4. The van der Waals surface area contributed by atoms with Crippen molar-refractivity contribution in [3.05, 3.63) is 60.8 Å². The second-order valence-electron chi connectivity index (χ2n) is 6.87. The number of nitrogens with one attached hydrogen (secondary N) is 2. The summed E-state index contributed by atoms with van der Waals surface area (Å²) in [6.45, 7) is 2.87. The SMILES string of the molecule is CCOc1ccc(N2CC(C(=O)Nc3cccc(-c4ccn[nH]4)c3)CC2=O)cc1. The molecule has 7 nitrogen and oxygen atoms in total. The van der Waals surface area contributed by atoms with Gasteiger partial charge in [-0.05, 0) is 49.4 Å². The Kier molecular flexibility index (Phi) is 5.29. The lowest BCUT2D eigenvalue weighted by atomic mass is 10.1. The van der Waals surface area contributed by atoms with Gasteiger partial charge in [0, 0.05) is 36.1 Å². The summed E-state index contributed by atoms with van der Waals surface area (Å²) >= 11 is 0. The van der Waals surface area contributed by atoms with E-state index in [1.165, 1.54) is 0 Å². The average Bonchev–Trinajstić information content (AvgIpc) is 3.39. The summed E-state index contributed by atoms with van der Waals surface area (Å²) in [7, 11) is 0. The highest BCUT2D eigenvalue weighted by Crippen LogP contribution is 2.28. The number of rotatable bonds is 6. The Morgan fingerprint density at radius 3 is 2.79 bits per heavy atom. The van der Waals surface area contributed by atoms with Crippen LogP contribution in [0.4, 0.5) is 11.4 Å². The van der Waals surface area contributed by atoms with E-state index in [2.05, 4.69) is 15.5 Å². The summed E-state index contributed by atoms with van der Waals surface area (Å²) in [4.78, 5) is 26.9. The number of ether oxygens (including phenoxy) is 1. The van der Waals surface area contributed by atoms with Crippen LogP contribution in [-0.4, -0.2) is 35.2 Å². The van der Waals surface area contributed by atoms with Gasteiger partial charge in [-0.25, -0.2) is 0 Å². The van der Waals surface area contributed by atoms with E-state index >= 15 is 0 Å². The van der Waals surface area contributed by atoms with E-state index < -0.39 is 5.92 Å². The lowest BCUT2D eigenvalue weighted by molar-refractivity contribution is -0.122. The Morgan fingerprint density at radius 1 is 1.24 bits per heavy atom. The van der Waals surface area contributed by atoms with Crippen molar-refractivity contribution in [3.8, 4) is 17.0 Å². The van der Waals surface area contributed by atoms with Crippen LogP contribution in [0.5, 0.6) is 5.75 Å². The predicted molar refractivity (Wildman–Crippen MR) is 111 cm³/mol. The first-order chi connectivity index (χ1) is 14.1. The van der Waals surface area contributed by atoms with E-state index in [0.29, 0.717) is 18.8 Å². The maximum atomic E-state index is 12.7. The molecule has 0 aliphatic carbocycles. The molecule has 0 saturated carbocycles. The molecule has 1 aliphatic rings. The van der Waals surface area contributed by atoms with E-state index in [0.717, 1.165) is 22.7 Å². The molecule has 1 atom stereocenters. The van der Waals surface area contributed by atoms with Crippen molar-refractivity contribution < 1.29 is 14.3 Å². The summed E-state index contributed by atoms with van der Waals surface area (Å²) in [5.41, 5.74) is 3.27. The summed E-state index contributed by atoms with van der Waals surface area (Å²) in [6.07, 6.45) is 1.87. The van der Waals surface area contributed by atoms with Gasteiger partial charge in [0.05, 0.1) is 18.2 Å². The highest BCUT2D eigenvalue weighted by atomic mass is 16.5. The van der Waals surface area contributed by atoms with Gasteiger partial charge in [0.1, 0.15) is 5.75 Å². The van der Waals surface area contributed by atoms with Gasteiger partial charge in [-0.3, -0.25) is 14.7 Å². The summed E-state index contributed by atoms with van der Waals surface area (Å²) in [5.74, 6) is 0.147. The molecule has 2 amide bonds. The molecule has 1 unspecified atom stereocenters. The monoisotopic (exact) mass is 390 g/mol. The number of amides is 2. The second-order valence-corrected chi connectivity index (χ2v) is 6.87. The van der Waals surface area contributed by atoms with Gasteiger partial charge in [-0.1, -0.05) is 12.1 Å². The number of nitrogens with zero attached hydrogens (tertiary/aromatic N) is 2. The van der Waals surface area contributed by atoms with Crippen molar-refractivity contribution in [2.75, 3.05) is 23.4 Å². The zero-order valence-corrected chi connectivity index (χ0v) is 16.1. The van der Waals surface area contributed by atoms with Crippen molar-refractivity contribution in [1.29, 1.82) is 0 Å². The molecule has 2 aromatic carbocycles. The van der Waals surface area contributed by atoms with E-state index in [-0.39, 0.29) is 18.2 Å². The minimum absolute atomic E-state index is 0.0551. The zero-order chi connectivity index (χ0) is 20.2. The van der Waals surface area contributed by atoms with Crippen LogP contribution in [0, 0.1) is 5.92 Å². The summed E-state index contributed by atoms with van der Waals surface area (Å²) in [6, 6.07) is 16.7. The number of carbonyl (C=O) groups excluding carboxylic acids is 2. The Morgan fingerprint density at radius 2 is 2.07 bits per heavy atom. The molecule has 1 fully saturated rings. The van der Waals surface area contributed by atoms with E-state index in [1.54, 1.807) is 11.1 Å². The van der Waals surface area contributed by atoms with Gasteiger partial charge in [-0.15, -0.1) is 0 Å². The number of anilines is 2. The van der Waals surface area contributed by atoms with Gasteiger partial charge >= 0.3 is 0 Å². The van der Waals surface area contributed by atoms with Crippen LogP contribution >= 0.6 is 0 Å². The molecule has 1 saturated heterocycles. The van der Waals surface area contributed by atoms with Crippen LogP contribution in [0.1, 0.15) is 13.3 Å². The quantitative estimate of drug-likeness (QED) is 0.675. The van der Waals surface area contributed by atoms with Crippen LogP contribution < -0.4 is 15.0 Å². The molecule has 1 aromatic heterocycles. The first-order valence-corrected chi connectivity index (χ1v) is 9.58. The van der Waals surface area contributed by atoms with E-state index in [4.69, 9.17) is 4.74 Å². The minimum Gasteiger partial charge on any atom is -0.494 e. The van der Waals surface area contributed by atoms with Crippen LogP contribution in [0.25, 0.3) is 11.3 Å². The molecule has 148 valence electrons. The number of benzene rings is 2. The number of hydrogen-bond donors (Lipinski definition) is 2. The molecular formula is C22H22N4O3. The number of aromatic amines is 1. The topological polar surface area (TPSA) is 87.3 Å². The highest BCUT2D eigenvalue weighted by Gasteiger charge is 2.35. The van der Waals surface area contributed by atoms with Crippen LogP contribution in [0.15, 0.2) is 60.8 Å². The van der Waals surface area contributed by atoms with Crippen LogP contribution in [-0.2, 0) is 9.59 Å². The molecule has 7 heteroatoms. The molecule has 0 bridgehead atoms. The lowest BCUT2D eigenvalue weighted by Crippen LogP contribution is -2.28. The number of aromatic nitrogens is 2. The van der Waals surface area contributed by atoms with Crippen LogP contribution in [0.3, 0.4) is 0 Å². The van der Waals surface area contributed by atoms with Gasteiger partial charge < -0.3 is 15.0 Å². The second kappa shape index (κ2) is 8.18. The Hall–Kier alpha value is -3.61. The smallest absolute Gasteiger partial charge is 0.229 e. The fourth-order valence-corrected chi connectivity index (χ4v) is 3.45. The third-order valence-electron chi connectivity index (χ3n) is 4.90. The average molecular weight is 390 g/mol. The molecule has 3 aromatic rings. The maximum Gasteiger partial charge on any atom is 0.229 e. The fourth-order valence-electron chi connectivity index (χ4n) is 3.45. The molecule has 0 radical (unpaired) electrons.